The van der Waals surface area contributed by atoms with Gasteiger partial charge in [0, 0.05) is 30.6 Å². The Morgan fingerprint density at radius 2 is 1.42 bits per heavy atom. The van der Waals surface area contributed by atoms with Crippen LogP contribution in [0.2, 0.25) is 0 Å². The van der Waals surface area contributed by atoms with Crippen molar-refractivity contribution in [3.05, 3.63) is 176 Å². The normalized spacial score (nSPS) is 13.6. The Bertz CT molecular complexity index is 2250. The number of carboxylic acids is 1. The number of rotatable bonds is 9. The summed E-state index contributed by atoms with van der Waals surface area (Å²) in [5.74, 6) is -0.145. The molecule has 0 saturated carbocycles. The highest BCUT2D eigenvalue weighted by molar-refractivity contribution is 6.09. The van der Waals surface area contributed by atoms with Crippen LogP contribution in [0.15, 0.2) is 120 Å². The Hall–Kier alpha value is -5.79. The van der Waals surface area contributed by atoms with Crippen LogP contribution in [-0.2, 0) is 29.5 Å². The largest absolute Gasteiger partial charge is 0.507 e. The van der Waals surface area contributed by atoms with Crippen LogP contribution in [0.5, 0.6) is 5.75 Å². The van der Waals surface area contributed by atoms with Crippen molar-refractivity contribution >= 4 is 23.2 Å². The van der Waals surface area contributed by atoms with Crippen molar-refractivity contribution in [2.24, 2.45) is 4.99 Å². The molecule has 0 spiro atoms. The molecule has 3 N–H and O–H groups in total. The van der Waals surface area contributed by atoms with Gasteiger partial charge in [0.25, 0.3) is 0 Å². The van der Waals surface area contributed by atoms with E-state index in [0.29, 0.717) is 22.4 Å². The Kier molecular flexibility index (Phi) is 15.2. The molecule has 308 valence electrons. The van der Waals surface area contributed by atoms with E-state index in [0.717, 1.165) is 62.3 Å². The zero-order valence-corrected chi connectivity index (χ0v) is 36.1. The van der Waals surface area contributed by atoms with E-state index in [-0.39, 0.29) is 11.2 Å². The second-order valence-corrected chi connectivity index (χ2v) is 16.8. The summed E-state index contributed by atoms with van der Waals surface area (Å²) < 4.78 is 0. The smallest absolute Gasteiger partial charge is 0.310 e. The molecule has 7 rings (SSSR count). The first-order chi connectivity index (χ1) is 28.1. The van der Waals surface area contributed by atoms with Gasteiger partial charge in [0.05, 0.1) is 12.5 Å². The molecule has 5 aromatic rings. The minimum absolute atomic E-state index is 0.0404. The number of ketones is 1. The standard InChI is InChI=1S/C20H23N.C16H24N2O.C16H14O3/c1-21(2)15-7-12-20-18-10-5-3-8-16(18)13-14-17-9-4-6-11-19(17)20;1-10-8-13(16(3,4)5)15(19)11(2)12(10)9-14-17-6-7-18-14;1-11(16(18)19)13-8-5-9-14(10-13)15(17)12-6-3-2-4-7-12/h3-6,8-12H,7,13-15H2,1-2H3;8,19H,6-7,9H2,1-5H3,(H,17,18);2-11H,1H3,(H,18,19). The number of carbonyl (C=O) groups is 2. The van der Waals surface area contributed by atoms with Gasteiger partial charge in [0.1, 0.15) is 11.6 Å². The summed E-state index contributed by atoms with van der Waals surface area (Å²) in [6.45, 7) is 15.0. The molecule has 0 aromatic heterocycles. The van der Waals surface area contributed by atoms with Gasteiger partial charge in [-0.05, 0) is 121 Å². The molecule has 1 aliphatic carbocycles. The first kappa shape index (κ1) is 44.3. The first-order valence-electron chi connectivity index (χ1n) is 20.7. The molecule has 1 heterocycles. The molecule has 0 bridgehead atoms. The molecule has 7 heteroatoms. The fourth-order valence-electron chi connectivity index (χ4n) is 7.54. The van der Waals surface area contributed by atoms with Crippen LogP contribution < -0.4 is 5.32 Å². The number of amidine groups is 1. The quantitative estimate of drug-likeness (QED) is 0.129. The van der Waals surface area contributed by atoms with E-state index in [1.54, 1.807) is 55.5 Å². The Morgan fingerprint density at radius 3 is 1.98 bits per heavy atom. The average molecular weight is 792 g/mol. The minimum atomic E-state index is -0.899. The first-order valence-corrected chi connectivity index (χ1v) is 20.7. The number of aromatic hydroxyl groups is 1. The number of carboxylic acid groups (broad SMARTS) is 1. The maximum atomic E-state index is 12.2. The van der Waals surface area contributed by atoms with Crippen LogP contribution >= 0.6 is 0 Å². The monoisotopic (exact) mass is 791 g/mol. The van der Waals surface area contributed by atoms with Crippen LogP contribution in [0.4, 0.5) is 0 Å². The van der Waals surface area contributed by atoms with Crippen molar-refractivity contribution in [1.82, 2.24) is 10.2 Å². The third-order valence-corrected chi connectivity index (χ3v) is 11.1. The zero-order chi connectivity index (χ0) is 42.7. The molecule has 1 unspecified atom stereocenters. The lowest BCUT2D eigenvalue weighted by molar-refractivity contribution is -0.138. The van der Waals surface area contributed by atoms with Crippen molar-refractivity contribution in [3.8, 4) is 5.75 Å². The number of aryl methyl sites for hydroxylation is 3. The SMILES string of the molecule is CC(C(=O)O)c1cccc(C(=O)c2ccccc2)c1.CN(C)CCC=C1c2ccccc2CCc2ccccc21.Cc1cc(C(C)(C)C)c(O)c(C)c1CC1=NCCN1. The van der Waals surface area contributed by atoms with E-state index >= 15 is 0 Å². The van der Waals surface area contributed by atoms with Gasteiger partial charge in [-0.1, -0.05) is 130 Å². The van der Waals surface area contributed by atoms with Crippen molar-refractivity contribution < 1.29 is 19.8 Å². The number of fused-ring (bicyclic) bond motifs is 2. The molecule has 0 fully saturated rings. The van der Waals surface area contributed by atoms with Crippen molar-refractivity contribution in [1.29, 1.82) is 0 Å². The molecular formula is C52H61N3O4. The minimum Gasteiger partial charge on any atom is -0.507 e. The summed E-state index contributed by atoms with van der Waals surface area (Å²) in [6.07, 6.45) is 6.57. The third-order valence-electron chi connectivity index (χ3n) is 11.1. The molecule has 0 saturated heterocycles. The summed E-state index contributed by atoms with van der Waals surface area (Å²) in [4.78, 5) is 29.9. The fraction of sp³-hybridized carbons (Fsp3) is 0.327. The van der Waals surface area contributed by atoms with Crippen LogP contribution in [0.25, 0.3) is 5.57 Å². The lowest BCUT2D eigenvalue weighted by atomic mass is 9.82. The lowest BCUT2D eigenvalue weighted by Gasteiger charge is -2.24. The van der Waals surface area contributed by atoms with Crippen LogP contribution in [0.1, 0.15) is 106 Å². The van der Waals surface area contributed by atoms with Crippen molar-refractivity contribution in [2.45, 2.75) is 78.6 Å². The van der Waals surface area contributed by atoms with Gasteiger partial charge in [-0.3, -0.25) is 14.6 Å². The van der Waals surface area contributed by atoms with Crippen molar-refractivity contribution in [2.75, 3.05) is 33.7 Å². The highest BCUT2D eigenvalue weighted by atomic mass is 16.4. The van der Waals surface area contributed by atoms with Gasteiger partial charge in [0.2, 0.25) is 0 Å². The Morgan fingerprint density at radius 1 is 0.831 bits per heavy atom. The Labute approximate surface area is 351 Å². The van der Waals surface area contributed by atoms with E-state index in [1.807, 2.05) is 13.0 Å². The number of phenols is 1. The zero-order valence-electron chi connectivity index (χ0n) is 36.1. The van der Waals surface area contributed by atoms with E-state index in [4.69, 9.17) is 5.11 Å². The highest BCUT2D eigenvalue weighted by Gasteiger charge is 2.23. The molecule has 1 atom stereocenters. The summed E-state index contributed by atoms with van der Waals surface area (Å²) in [6, 6.07) is 35.6. The van der Waals surface area contributed by atoms with Crippen molar-refractivity contribution in [3.63, 3.8) is 0 Å². The summed E-state index contributed by atoms with van der Waals surface area (Å²) in [5.41, 5.74) is 13.3. The van der Waals surface area contributed by atoms with E-state index < -0.39 is 11.9 Å². The van der Waals surface area contributed by atoms with Crippen LogP contribution in [0, 0.1) is 13.8 Å². The third kappa shape index (κ3) is 11.7. The summed E-state index contributed by atoms with van der Waals surface area (Å²) in [7, 11) is 4.26. The molecular weight excluding hydrogens is 731 g/mol. The molecule has 7 nitrogen and oxygen atoms in total. The van der Waals surface area contributed by atoms with E-state index in [9.17, 15) is 14.7 Å². The molecule has 0 amide bonds. The number of phenolic OH excluding ortho intramolecular Hbond substituents is 1. The van der Waals surface area contributed by atoms with Gasteiger partial charge in [0.15, 0.2) is 5.78 Å². The number of nitrogens with zero attached hydrogens (tertiary/aromatic N) is 2. The number of aliphatic carboxylic acids is 1. The second-order valence-electron chi connectivity index (χ2n) is 16.8. The predicted molar refractivity (Wildman–Crippen MR) is 243 cm³/mol. The van der Waals surface area contributed by atoms with Gasteiger partial charge in [-0.15, -0.1) is 0 Å². The molecule has 0 radical (unpaired) electrons. The molecule has 59 heavy (non-hydrogen) atoms. The van der Waals surface area contributed by atoms with Gasteiger partial charge >= 0.3 is 5.97 Å². The Balaban J connectivity index is 0.000000169. The van der Waals surface area contributed by atoms with Gasteiger partial charge < -0.3 is 20.4 Å². The summed E-state index contributed by atoms with van der Waals surface area (Å²) in [5, 5.41) is 22.7. The van der Waals surface area contributed by atoms with E-state index in [1.165, 1.54) is 39.0 Å². The van der Waals surface area contributed by atoms with Gasteiger partial charge in [-0.25, -0.2) is 0 Å². The second kappa shape index (κ2) is 20.3. The molecule has 5 aromatic carbocycles. The fourth-order valence-corrected chi connectivity index (χ4v) is 7.54. The number of benzene rings is 5. The number of hydrogen-bond donors (Lipinski definition) is 3. The number of aliphatic imine (C=N–C) groups is 1. The maximum Gasteiger partial charge on any atom is 0.310 e. The van der Waals surface area contributed by atoms with Gasteiger partial charge in [-0.2, -0.15) is 0 Å². The number of hydrogen-bond acceptors (Lipinski definition) is 6. The van der Waals surface area contributed by atoms with Crippen LogP contribution in [-0.4, -0.2) is 66.4 Å². The molecule has 2 aliphatic rings. The number of carbonyl (C=O) groups excluding carboxylic acids is 1. The van der Waals surface area contributed by atoms with Crippen LogP contribution in [0.3, 0.4) is 0 Å². The summed E-state index contributed by atoms with van der Waals surface area (Å²) >= 11 is 0. The maximum absolute atomic E-state index is 12.2. The lowest BCUT2D eigenvalue weighted by Crippen LogP contribution is -2.22. The predicted octanol–water partition coefficient (Wildman–Crippen LogP) is 10.1. The highest BCUT2D eigenvalue weighted by Crippen LogP contribution is 2.37. The topological polar surface area (TPSA) is 102 Å². The average Bonchev–Trinajstić information content (AvgIpc) is 3.69. The number of nitrogens with one attached hydrogen (secondary N) is 1. The molecule has 1 aliphatic heterocycles. The van der Waals surface area contributed by atoms with E-state index in [2.05, 4.69) is 118 Å².